The second-order valence-electron chi connectivity index (χ2n) is 3.21. The summed E-state index contributed by atoms with van der Waals surface area (Å²) < 4.78 is 0. The van der Waals surface area contributed by atoms with Crippen LogP contribution < -0.4 is 5.32 Å². The van der Waals surface area contributed by atoms with Crippen molar-refractivity contribution in [2.24, 2.45) is 0 Å². The van der Waals surface area contributed by atoms with E-state index < -0.39 is 15.7 Å². The molecule has 0 aromatic heterocycles. The van der Waals surface area contributed by atoms with E-state index in [2.05, 4.69) is 21.2 Å². The third-order valence-electron chi connectivity index (χ3n) is 1.94. The third kappa shape index (κ3) is 3.26. The number of halogens is 1. The standard InChI is InChI=1S/C10H8BrN3O3/c1-6(11)10(15)13-8-3-2-7(5-12)4-9(8)14(16)17/h2-4,6H,1H3,(H,13,15). The number of nitro groups is 1. The highest BCUT2D eigenvalue weighted by atomic mass is 79.9. The molecule has 6 nitrogen and oxygen atoms in total. The van der Waals surface area contributed by atoms with Gasteiger partial charge in [0.15, 0.2) is 0 Å². The maximum atomic E-state index is 11.4. The number of anilines is 1. The van der Waals surface area contributed by atoms with Crippen LogP contribution in [0.2, 0.25) is 0 Å². The van der Waals surface area contributed by atoms with Gasteiger partial charge < -0.3 is 5.32 Å². The lowest BCUT2D eigenvalue weighted by atomic mass is 10.2. The molecule has 0 aliphatic heterocycles. The minimum atomic E-state index is -0.644. The summed E-state index contributed by atoms with van der Waals surface area (Å²) in [5.41, 5.74) is -0.0579. The number of carbonyl (C=O) groups is 1. The van der Waals surface area contributed by atoms with E-state index in [-0.39, 0.29) is 16.9 Å². The predicted octanol–water partition coefficient (Wildman–Crippen LogP) is 2.19. The van der Waals surface area contributed by atoms with Gasteiger partial charge >= 0.3 is 0 Å². The van der Waals surface area contributed by atoms with Gasteiger partial charge in [-0.25, -0.2) is 0 Å². The van der Waals surface area contributed by atoms with Crippen molar-refractivity contribution in [2.75, 3.05) is 5.32 Å². The molecule has 0 heterocycles. The van der Waals surface area contributed by atoms with Crippen LogP contribution in [-0.2, 0) is 4.79 Å². The Labute approximate surface area is 106 Å². The first-order valence-corrected chi connectivity index (χ1v) is 5.50. The van der Waals surface area contributed by atoms with E-state index in [0.29, 0.717) is 0 Å². The lowest BCUT2D eigenvalue weighted by Gasteiger charge is -2.07. The van der Waals surface area contributed by atoms with Crippen molar-refractivity contribution >= 4 is 33.2 Å². The lowest BCUT2D eigenvalue weighted by molar-refractivity contribution is -0.383. The maximum absolute atomic E-state index is 11.4. The van der Waals surface area contributed by atoms with Crippen LogP contribution in [0.15, 0.2) is 18.2 Å². The van der Waals surface area contributed by atoms with Crippen molar-refractivity contribution in [1.29, 1.82) is 5.26 Å². The van der Waals surface area contributed by atoms with Gasteiger partial charge in [0.1, 0.15) is 5.69 Å². The Bertz CT molecular complexity index is 508. The summed E-state index contributed by atoms with van der Waals surface area (Å²) in [6.07, 6.45) is 0. The quantitative estimate of drug-likeness (QED) is 0.525. The highest BCUT2D eigenvalue weighted by Gasteiger charge is 2.18. The molecule has 1 unspecified atom stereocenters. The van der Waals surface area contributed by atoms with E-state index in [1.54, 1.807) is 13.0 Å². The fourth-order valence-corrected chi connectivity index (χ4v) is 1.20. The van der Waals surface area contributed by atoms with Crippen LogP contribution in [0.25, 0.3) is 0 Å². The number of carbonyl (C=O) groups excluding carboxylic acids is 1. The van der Waals surface area contributed by atoms with Crippen molar-refractivity contribution in [3.63, 3.8) is 0 Å². The number of nitriles is 1. The molecule has 1 N–H and O–H groups in total. The summed E-state index contributed by atoms with van der Waals surface area (Å²) >= 11 is 3.05. The zero-order chi connectivity index (χ0) is 13.0. The Hall–Kier alpha value is -1.94. The fourth-order valence-electron chi connectivity index (χ4n) is 1.09. The molecule has 0 aliphatic rings. The van der Waals surface area contributed by atoms with Crippen molar-refractivity contribution in [3.8, 4) is 6.07 Å². The Morgan fingerprint density at radius 1 is 1.65 bits per heavy atom. The molecule has 0 saturated heterocycles. The van der Waals surface area contributed by atoms with Crippen molar-refractivity contribution < 1.29 is 9.72 Å². The van der Waals surface area contributed by atoms with Gasteiger partial charge in [-0.1, -0.05) is 15.9 Å². The van der Waals surface area contributed by atoms with Crippen LogP contribution in [0.1, 0.15) is 12.5 Å². The van der Waals surface area contributed by atoms with Crippen LogP contribution in [0.3, 0.4) is 0 Å². The van der Waals surface area contributed by atoms with Gasteiger partial charge in [0.05, 0.1) is 21.4 Å². The molecule has 0 spiro atoms. The first kappa shape index (κ1) is 13.1. The summed E-state index contributed by atoms with van der Waals surface area (Å²) in [6.45, 7) is 1.60. The molecule has 0 aliphatic carbocycles. The fraction of sp³-hybridized carbons (Fsp3) is 0.200. The molecule has 1 atom stereocenters. The molecule has 0 radical (unpaired) electrons. The van der Waals surface area contributed by atoms with E-state index >= 15 is 0 Å². The first-order chi connectivity index (χ1) is 7.95. The van der Waals surface area contributed by atoms with Gasteiger partial charge in [-0.3, -0.25) is 14.9 Å². The minimum absolute atomic E-state index is 0.0744. The van der Waals surface area contributed by atoms with Crippen molar-refractivity contribution in [2.45, 2.75) is 11.8 Å². The highest BCUT2D eigenvalue weighted by molar-refractivity contribution is 9.10. The van der Waals surface area contributed by atoms with E-state index in [1.165, 1.54) is 12.1 Å². The Morgan fingerprint density at radius 3 is 2.76 bits per heavy atom. The van der Waals surface area contributed by atoms with Gasteiger partial charge in [0.25, 0.3) is 5.69 Å². The van der Waals surface area contributed by atoms with Crippen LogP contribution >= 0.6 is 15.9 Å². The zero-order valence-electron chi connectivity index (χ0n) is 8.81. The SMILES string of the molecule is CC(Br)C(=O)Nc1ccc(C#N)cc1[N+](=O)[O-]. The van der Waals surface area contributed by atoms with E-state index in [1.807, 2.05) is 0 Å². The van der Waals surface area contributed by atoms with E-state index in [4.69, 9.17) is 5.26 Å². The Balaban J connectivity index is 3.12. The van der Waals surface area contributed by atoms with Gasteiger partial charge in [-0.2, -0.15) is 5.26 Å². The number of nitrogens with zero attached hydrogens (tertiary/aromatic N) is 2. The summed E-state index contributed by atoms with van der Waals surface area (Å²) in [5, 5.41) is 21.8. The van der Waals surface area contributed by atoms with E-state index in [9.17, 15) is 14.9 Å². The molecule has 7 heteroatoms. The molecule has 0 saturated carbocycles. The molecule has 0 bridgehead atoms. The molecule has 1 aromatic carbocycles. The number of nitrogens with one attached hydrogen (secondary N) is 1. The number of hydrogen-bond donors (Lipinski definition) is 1. The molecule has 1 aromatic rings. The van der Waals surface area contributed by atoms with Gasteiger partial charge in [0.2, 0.25) is 5.91 Å². The molecular formula is C10H8BrN3O3. The summed E-state index contributed by atoms with van der Waals surface area (Å²) in [6, 6.07) is 5.66. The topological polar surface area (TPSA) is 96.0 Å². The second kappa shape index (κ2) is 5.41. The molecule has 1 amide bonds. The molecule has 17 heavy (non-hydrogen) atoms. The molecule has 1 rings (SSSR count). The third-order valence-corrected chi connectivity index (χ3v) is 2.36. The average molecular weight is 298 g/mol. The van der Waals surface area contributed by atoms with Gasteiger partial charge in [-0.15, -0.1) is 0 Å². The van der Waals surface area contributed by atoms with Crippen LogP contribution in [0.5, 0.6) is 0 Å². The van der Waals surface area contributed by atoms with Crippen LogP contribution in [0.4, 0.5) is 11.4 Å². The van der Waals surface area contributed by atoms with Gasteiger partial charge in [-0.05, 0) is 19.1 Å². The van der Waals surface area contributed by atoms with E-state index in [0.717, 1.165) is 6.07 Å². The number of nitro benzene ring substituents is 1. The Kier molecular flexibility index (Phi) is 4.17. The highest BCUT2D eigenvalue weighted by Crippen LogP contribution is 2.25. The molecule has 0 fully saturated rings. The number of amides is 1. The average Bonchev–Trinajstić information content (AvgIpc) is 2.29. The normalized spacial score (nSPS) is 11.4. The number of hydrogen-bond acceptors (Lipinski definition) is 4. The first-order valence-electron chi connectivity index (χ1n) is 4.59. The lowest BCUT2D eigenvalue weighted by Crippen LogP contribution is -2.20. The zero-order valence-corrected chi connectivity index (χ0v) is 10.4. The minimum Gasteiger partial charge on any atom is -0.319 e. The van der Waals surface area contributed by atoms with Crippen molar-refractivity contribution in [1.82, 2.24) is 0 Å². The Morgan fingerprint density at radius 2 is 2.29 bits per heavy atom. The largest absolute Gasteiger partial charge is 0.319 e. The van der Waals surface area contributed by atoms with Crippen LogP contribution in [-0.4, -0.2) is 15.7 Å². The summed E-state index contributed by atoms with van der Waals surface area (Å²) in [7, 11) is 0. The van der Waals surface area contributed by atoms with Gasteiger partial charge in [0, 0.05) is 6.07 Å². The summed E-state index contributed by atoms with van der Waals surface area (Å²) in [5.74, 6) is -0.391. The molecular weight excluding hydrogens is 290 g/mol. The van der Waals surface area contributed by atoms with Crippen molar-refractivity contribution in [3.05, 3.63) is 33.9 Å². The second-order valence-corrected chi connectivity index (χ2v) is 4.58. The smallest absolute Gasteiger partial charge is 0.294 e. The molecule has 88 valence electrons. The number of benzene rings is 1. The predicted molar refractivity (Wildman–Crippen MR) is 64.8 cm³/mol. The summed E-state index contributed by atoms with van der Waals surface area (Å²) in [4.78, 5) is 21.1. The number of rotatable bonds is 3. The number of alkyl halides is 1. The maximum Gasteiger partial charge on any atom is 0.294 e. The van der Waals surface area contributed by atoms with Crippen LogP contribution in [0, 0.1) is 21.4 Å². The monoisotopic (exact) mass is 297 g/mol.